The molecule has 0 saturated heterocycles. The Morgan fingerprint density at radius 2 is 1.84 bits per heavy atom. The highest BCUT2D eigenvalue weighted by Gasteiger charge is 2.23. The summed E-state index contributed by atoms with van der Waals surface area (Å²) in [5.74, 6) is 1.56. The summed E-state index contributed by atoms with van der Waals surface area (Å²) >= 11 is 7.65. The van der Waals surface area contributed by atoms with Crippen molar-refractivity contribution in [3.63, 3.8) is 0 Å². The Balaban J connectivity index is 1.51. The van der Waals surface area contributed by atoms with Crippen molar-refractivity contribution in [1.82, 2.24) is 20.1 Å². The summed E-state index contributed by atoms with van der Waals surface area (Å²) in [7, 11) is 0. The summed E-state index contributed by atoms with van der Waals surface area (Å²) in [6, 6.07) is 17.5. The van der Waals surface area contributed by atoms with Gasteiger partial charge in [-0.2, -0.15) is 0 Å². The molecule has 6 nitrogen and oxygen atoms in total. The van der Waals surface area contributed by atoms with Crippen molar-refractivity contribution in [2.45, 2.75) is 56.3 Å². The third-order valence-electron chi connectivity index (χ3n) is 5.48. The van der Waals surface area contributed by atoms with Gasteiger partial charge in [-0.3, -0.25) is 9.36 Å². The number of carbonyl (C=O) groups is 1. The van der Waals surface area contributed by atoms with E-state index in [0.29, 0.717) is 33.5 Å². The first-order valence-electron chi connectivity index (χ1n) is 11.0. The molecule has 2 aromatic carbocycles. The van der Waals surface area contributed by atoms with Crippen LogP contribution in [0.15, 0.2) is 59.8 Å². The lowest BCUT2D eigenvalue weighted by Crippen LogP contribution is -2.37. The zero-order chi connectivity index (χ0) is 22.3. The third kappa shape index (κ3) is 5.64. The molecule has 1 fully saturated rings. The van der Waals surface area contributed by atoms with Crippen molar-refractivity contribution in [2.24, 2.45) is 0 Å². The van der Waals surface area contributed by atoms with Crippen LogP contribution in [0.1, 0.15) is 51.0 Å². The van der Waals surface area contributed by atoms with Crippen LogP contribution in [-0.4, -0.2) is 32.5 Å². The number of rotatable bonds is 8. The molecule has 168 valence electrons. The van der Waals surface area contributed by atoms with Crippen molar-refractivity contribution in [2.75, 3.05) is 5.75 Å². The number of para-hydroxylation sites is 2. The van der Waals surface area contributed by atoms with Crippen LogP contribution >= 0.6 is 23.4 Å². The van der Waals surface area contributed by atoms with E-state index in [2.05, 4.69) is 15.5 Å². The number of halogens is 1. The SMILES string of the molecule is CC(Oc1ccccc1Cl)c1nnc(SCC(=O)NC2CCCCC2)n1-c1ccccc1. The second kappa shape index (κ2) is 10.9. The average Bonchev–Trinajstić information content (AvgIpc) is 3.25. The van der Waals surface area contributed by atoms with Gasteiger partial charge in [-0.1, -0.05) is 73.0 Å². The van der Waals surface area contributed by atoms with Crippen molar-refractivity contribution >= 4 is 29.3 Å². The number of hydrogen-bond donors (Lipinski definition) is 1. The van der Waals surface area contributed by atoms with E-state index in [9.17, 15) is 4.79 Å². The van der Waals surface area contributed by atoms with Crippen LogP contribution in [-0.2, 0) is 4.79 Å². The first-order valence-corrected chi connectivity index (χ1v) is 12.3. The van der Waals surface area contributed by atoms with E-state index in [0.717, 1.165) is 18.5 Å². The number of benzene rings is 2. The van der Waals surface area contributed by atoms with E-state index in [1.165, 1.54) is 31.0 Å². The number of thioether (sulfide) groups is 1. The van der Waals surface area contributed by atoms with Crippen LogP contribution in [0.25, 0.3) is 5.69 Å². The van der Waals surface area contributed by atoms with Gasteiger partial charge in [-0.25, -0.2) is 0 Å². The predicted molar refractivity (Wildman–Crippen MR) is 128 cm³/mol. The lowest BCUT2D eigenvalue weighted by Gasteiger charge is -2.22. The highest BCUT2D eigenvalue weighted by molar-refractivity contribution is 7.99. The van der Waals surface area contributed by atoms with Gasteiger partial charge in [-0.05, 0) is 44.0 Å². The molecule has 0 aliphatic heterocycles. The molecule has 0 bridgehead atoms. The van der Waals surface area contributed by atoms with E-state index in [1.54, 1.807) is 6.07 Å². The van der Waals surface area contributed by atoms with Crippen molar-refractivity contribution < 1.29 is 9.53 Å². The Kier molecular flexibility index (Phi) is 7.71. The summed E-state index contributed by atoms with van der Waals surface area (Å²) in [6.45, 7) is 1.91. The van der Waals surface area contributed by atoms with Gasteiger partial charge in [0.1, 0.15) is 5.75 Å². The van der Waals surface area contributed by atoms with Gasteiger partial charge in [0.15, 0.2) is 17.1 Å². The highest BCUT2D eigenvalue weighted by atomic mass is 35.5. The van der Waals surface area contributed by atoms with Gasteiger partial charge >= 0.3 is 0 Å². The van der Waals surface area contributed by atoms with Gasteiger partial charge in [0.2, 0.25) is 5.91 Å². The van der Waals surface area contributed by atoms with Gasteiger partial charge < -0.3 is 10.1 Å². The van der Waals surface area contributed by atoms with Gasteiger partial charge in [0, 0.05) is 11.7 Å². The third-order valence-corrected chi connectivity index (χ3v) is 6.72. The molecule has 4 rings (SSSR count). The van der Waals surface area contributed by atoms with Crippen LogP contribution in [0.5, 0.6) is 5.75 Å². The van der Waals surface area contributed by atoms with Crippen LogP contribution in [0.2, 0.25) is 5.02 Å². The van der Waals surface area contributed by atoms with Crippen LogP contribution in [0.3, 0.4) is 0 Å². The molecule has 3 aromatic rings. The Morgan fingerprint density at radius 3 is 2.59 bits per heavy atom. The second-order valence-electron chi connectivity index (χ2n) is 7.89. The summed E-state index contributed by atoms with van der Waals surface area (Å²) in [5.41, 5.74) is 0.914. The van der Waals surface area contributed by atoms with Crippen LogP contribution in [0, 0.1) is 0 Å². The first-order chi connectivity index (χ1) is 15.6. The summed E-state index contributed by atoms with van der Waals surface area (Å²) < 4.78 is 8.03. The van der Waals surface area contributed by atoms with E-state index in [-0.39, 0.29) is 5.91 Å². The number of amides is 1. The molecule has 1 aliphatic carbocycles. The number of nitrogens with zero attached hydrogens (tertiary/aromatic N) is 3. The van der Waals surface area contributed by atoms with Gasteiger partial charge in [-0.15, -0.1) is 10.2 Å². The molecule has 1 aromatic heterocycles. The molecular weight excluding hydrogens is 444 g/mol. The molecule has 1 unspecified atom stereocenters. The van der Waals surface area contributed by atoms with E-state index in [4.69, 9.17) is 16.3 Å². The number of ether oxygens (including phenoxy) is 1. The predicted octanol–water partition coefficient (Wildman–Crippen LogP) is 5.60. The fraction of sp³-hybridized carbons (Fsp3) is 0.375. The molecule has 1 aliphatic rings. The van der Waals surface area contributed by atoms with Crippen molar-refractivity contribution in [3.05, 3.63) is 65.4 Å². The topological polar surface area (TPSA) is 69.0 Å². The first kappa shape index (κ1) is 22.7. The highest BCUT2D eigenvalue weighted by Crippen LogP contribution is 2.31. The minimum absolute atomic E-state index is 0.0337. The molecule has 1 heterocycles. The minimum Gasteiger partial charge on any atom is -0.481 e. The molecule has 1 N–H and O–H groups in total. The molecular formula is C24H27ClN4O2S. The van der Waals surface area contributed by atoms with Crippen LogP contribution < -0.4 is 10.1 Å². The molecule has 32 heavy (non-hydrogen) atoms. The maximum Gasteiger partial charge on any atom is 0.230 e. The molecule has 0 spiro atoms. The summed E-state index contributed by atoms with van der Waals surface area (Å²) in [6.07, 6.45) is 5.38. The molecule has 8 heteroatoms. The monoisotopic (exact) mass is 470 g/mol. The normalized spacial score (nSPS) is 15.3. The number of carbonyl (C=O) groups excluding carboxylic acids is 1. The standard InChI is InChI=1S/C24H27ClN4O2S/c1-17(31-21-15-9-8-14-20(21)25)23-27-28-24(29(23)19-12-6-3-7-13-19)32-16-22(30)26-18-10-4-2-5-11-18/h3,6-9,12-15,17-18H,2,4-5,10-11,16H2,1H3,(H,26,30). The average molecular weight is 471 g/mol. The van der Waals surface area contributed by atoms with E-state index >= 15 is 0 Å². The van der Waals surface area contributed by atoms with Crippen molar-refractivity contribution in [3.8, 4) is 11.4 Å². The van der Waals surface area contributed by atoms with Gasteiger partial charge in [0.25, 0.3) is 0 Å². The molecule has 1 saturated carbocycles. The van der Waals surface area contributed by atoms with Gasteiger partial charge in [0.05, 0.1) is 10.8 Å². The number of hydrogen-bond acceptors (Lipinski definition) is 5. The lowest BCUT2D eigenvalue weighted by molar-refractivity contribution is -0.119. The Hall–Kier alpha value is -2.51. The molecule has 1 amide bonds. The maximum atomic E-state index is 12.5. The zero-order valence-electron chi connectivity index (χ0n) is 18.0. The largest absolute Gasteiger partial charge is 0.481 e. The Morgan fingerprint density at radius 1 is 1.12 bits per heavy atom. The minimum atomic E-state index is -0.395. The maximum absolute atomic E-state index is 12.5. The second-order valence-corrected chi connectivity index (χ2v) is 9.24. The lowest BCUT2D eigenvalue weighted by atomic mass is 9.95. The number of nitrogens with one attached hydrogen (secondary N) is 1. The Labute approximate surface area is 197 Å². The summed E-state index contributed by atoms with van der Waals surface area (Å²) in [5, 5.41) is 13.1. The molecule has 1 atom stereocenters. The quantitative estimate of drug-likeness (QED) is 0.434. The van der Waals surface area contributed by atoms with E-state index in [1.807, 2.05) is 60.0 Å². The fourth-order valence-electron chi connectivity index (χ4n) is 3.89. The van der Waals surface area contributed by atoms with E-state index < -0.39 is 6.10 Å². The number of aromatic nitrogens is 3. The zero-order valence-corrected chi connectivity index (χ0v) is 19.6. The van der Waals surface area contributed by atoms with Crippen LogP contribution in [0.4, 0.5) is 0 Å². The molecule has 0 radical (unpaired) electrons. The smallest absolute Gasteiger partial charge is 0.230 e. The Bertz CT molecular complexity index is 1040. The van der Waals surface area contributed by atoms with Crippen molar-refractivity contribution in [1.29, 1.82) is 0 Å². The summed E-state index contributed by atoms with van der Waals surface area (Å²) in [4.78, 5) is 12.5. The fourth-order valence-corrected chi connectivity index (χ4v) is 4.84.